The molecule has 2 aromatic carbocycles. The van der Waals surface area contributed by atoms with Gasteiger partial charge in [0, 0.05) is 18.0 Å². The van der Waals surface area contributed by atoms with Gasteiger partial charge in [-0.25, -0.2) is 0 Å². The summed E-state index contributed by atoms with van der Waals surface area (Å²) >= 11 is 3.07. The van der Waals surface area contributed by atoms with Crippen LogP contribution in [0.5, 0.6) is 11.5 Å². The molecule has 0 radical (unpaired) electrons. The molecule has 6 nitrogen and oxygen atoms in total. The largest absolute Gasteiger partial charge is 0.497 e. The van der Waals surface area contributed by atoms with E-state index in [0.717, 1.165) is 70.8 Å². The van der Waals surface area contributed by atoms with Gasteiger partial charge in [-0.3, -0.25) is 13.5 Å². The van der Waals surface area contributed by atoms with E-state index in [1.165, 1.54) is 11.5 Å². The molecule has 3 aromatic rings. The number of carbonyl (C=O) groups is 1. The minimum Gasteiger partial charge on any atom is -0.497 e. The molecule has 1 heterocycles. The average Bonchev–Trinajstić information content (AvgIpc) is 3.17. The van der Waals surface area contributed by atoms with Gasteiger partial charge in [0.25, 0.3) is 11.5 Å². The third kappa shape index (κ3) is 7.54. The fraction of sp³-hybridized carbons (Fsp3) is 0.440. The highest BCUT2D eigenvalue weighted by Crippen LogP contribution is 2.25. The molecule has 0 atom stereocenters. The van der Waals surface area contributed by atoms with Crippen molar-refractivity contribution in [2.75, 3.05) is 27.0 Å². The van der Waals surface area contributed by atoms with Gasteiger partial charge < -0.3 is 14.8 Å². The van der Waals surface area contributed by atoms with Gasteiger partial charge in [-0.15, -0.1) is 11.8 Å². The number of benzene rings is 2. The molecule has 8 heteroatoms. The molecule has 33 heavy (non-hydrogen) atoms. The van der Waals surface area contributed by atoms with E-state index in [4.69, 9.17) is 9.47 Å². The minimum atomic E-state index is -0.00884. The van der Waals surface area contributed by atoms with E-state index < -0.39 is 0 Å². The summed E-state index contributed by atoms with van der Waals surface area (Å²) in [5.74, 6) is 1.57. The van der Waals surface area contributed by atoms with Gasteiger partial charge in [0.05, 0.1) is 29.9 Å². The third-order valence-corrected chi connectivity index (χ3v) is 6.92. The van der Waals surface area contributed by atoms with E-state index >= 15 is 0 Å². The van der Waals surface area contributed by atoms with Crippen LogP contribution in [0, 0.1) is 0 Å². The van der Waals surface area contributed by atoms with E-state index in [1.54, 1.807) is 26.0 Å². The van der Waals surface area contributed by atoms with Crippen LogP contribution in [-0.4, -0.2) is 36.9 Å². The van der Waals surface area contributed by atoms with Crippen LogP contribution >= 0.6 is 23.3 Å². The fourth-order valence-corrected chi connectivity index (χ4v) is 4.76. The predicted molar refractivity (Wildman–Crippen MR) is 140 cm³/mol. The van der Waals surface area contributed by atoms with Crippen molar-refractivity contribution in [3.05, 3.63) is 52.3 Å². The summed E-state index contributed by atoms with van der Waals surface area (Å²) in [5, 5.41) is 3.71. The number of nitrogens with one attached hydrogen (secondary N) is 1. The summed E-state index contributed by atoms with van der Waals surface area (Å²) in [4.78, 5) is 24.8. The first-order valence-electron chi connectivity index (χ1n) is 11.2. The first-order valence-corrected chi connectivity index (χ1v) is 13.2. The van der Waals surface area contributed by atoms with Crippen molar-refractivity contribution in [1.29, 1.82) is 0 Å². The number of aryl methyl sites for hydroxylation is 1. The molecule has 1 amide bonds. The Balaban J connectivity index is 0.000000234. The molecule has 0 unspecified atom stereocenters. The van der Waals surface area contributed by atoms with Crippen LogP contribution in [0.1, 0.15) is 49.9 Å². The summed E-state index contributed by atoms with van der Waals surface area (Å²) in [7, 11) is 3.26. The van der Waals surface area contributed by atoms with Gasteiger partial charge in [-0.1, -0.05) is 38.2 Å². The number of hydrogen-bond donors (Lipinski definition) is 1. The zero-order valence-electron chi connectivity index (χ0n) is 20.1. The number of methoxy groups -OCH3 is 2. The Morgan fingerprint density at radius 2 is 1.70 bits per heavy atom. The van der Waals surface area contributed by atoms with Crippen molar-refractivity contribution in [2.45, 2.75) is 51.0 Å². The van der Waals surface area contributed by atoms with E-state index in [0.29, 0.717) is 0 Å². The molecule has 1 N–H and O–H groups in total. The second-order valence-electron chi connectivity index (χ2n) is 7.39. The van der Waals surface area contributed by atoms with E-state index in [9.17, 15) is 9.59 Å². The lowest BCUT2D eigenvalue weighted by atomic mass is 10.2. The summed E-state index contributed by atoms with van der Waals surface area (Å²) in [5.41, 5.74) is 0.838. The lowest BCUT2D eigenvalue weighted by Gasteiger charge is -2.09. The topological polar surface area (TPSA) is 69.6 Å². The predicted octanol–water partition coefficient (Wildman–Crippen LogP) is 5.82. The first-order chi connectivity index (χ1) is 16.0. The fourth-order valence-electron chi connectivity index (χ4n) is 3.09. The van der Waals surface area contributed by atoms with Gasteiger partial charge in [0.15, 0.2) is 0 Å². The first kappa shape index (κ1) is 26.8. The maximum atomic E-state index is 12.0. The Hall–Kier alpha value is -2.45. The maximum absolute atomic E-state index is 12.0. The molecule has 1 aromatic heterocycles. The lowest BCUT2D eigenvalue weighted by Crippen LogP contribution is -2.24. The molecule has 0 spiro atoms. The third-order valence-electron chi connectivity index (χ3n) is 5.04. The number of amides is 1. The summed E-state index contributed by atoms with van der Waals surface area (Å²) in [6, 6.07) is 11.1. The average molecular weight is 491 g/mol. The van der Waals surface area contributed by atoms with Gasteiger partial charge >= 0.3 is 0 Å². The highest BCUT2D eigenvalue weighted by Gasteiger charge is 2.11. The van der Waals surface area contributed by atoms with E-state index in [-0.39, 0.29) is 11.5 Å². The molecule has 3 rings (SSSR count). The van der Waals surface area contributed by atoms with E-state index in [2.05, 4.69) is 19.2 Å². The van der Waals surface area contributed by atoms with E-state index in [1.807, 2.05) is 46.6 Å². The number of fused-ring (bicyclic) bond motifs is 1. The second-order valence-corrected chi connectivity index (χ2v) is 9.30. The van der Waals surface area contributed by atoms with Crippen LogP contribution in [0.2, 0.25) is 0 Å². The number of rotatable bonds is 10. The van der Waals surface area contributed by atoms with Crippen molar-refractivity contribution in [2.24, 2.45) is 0 Å². The molecule has 0 aliphatic heterocycles. The molecule has 0 saturated carbocycles. The molecule has 0 aliphatic rings. The minimum absolute atomic E-state index is 0.00884. The zero-order chi connectivity index (χ0) is 24.2. The smallest absolute Gasteiger partial charge is 0.268 e. The quantitative estimate of drug-likeness (QED) is 0.286. The Bertz CT molecular complexity index is 1090. The van der Waals surface area contributed by atoms with Gasteiger partial charge in [-0.05, 0) is 55.5 Å². The summed E-state index contributed by atoms with van der Waals surface area (Å²) < 4.78 is 13.1. The highest BCUT2D eigenvalue weighted by molar-refractivity contribution is 7.98. The Kier molecular flexibility index (Phi) is 11.3. The molecule has 0 aliphatic carbocycles. The van der Waals surface area contributed by atoms with Gasteiger partial charge in [0.2, 0.25) is 0 Å². The van der Waals surface area contributed by atoms with Crippen molar-refractivity contribution in [3.63, 3.8) is 0 Å². The van der Waals surface area contributed by atoms with Crippen LogP contribution in [0.15, 0.2) is 46.1 Å². The molecule has 0 bridgehead atoms. The Morgan fingerprint density at radius 3 is 2.33 bits per heavy atom. The standard InChI is InChI=1S/C13H19NO2S.C12H15NO2S/c1-4-5-8-14-13(15)11-7-6-10(16-2)9-12(11)17-3;1-3-4-7-13-12(14)10-6-5-9(15-2)8-11(10)16-13/h6-7,9H,4-5,8H2,1-3H3,(H,14,15);5-6,8H,3-4,7H2,1-2H3. The zero-order valence-corrected chi connectivity index (χ0v) is 21.7. The van der Waals surface area contributed by atoms with Gasteiger partial charge in [-0.2, -0.15) is 0 Å². The highest BCUT2D eigenvalue weighted by atomic mass is 32.2. The number of ether oxygens (including phenoxy) is 2. The van der Waals surface area contributed by atoms with Crippen LogP contribution in [-0.2, 0) is 6.54 Å². The Labute approximate surface area is 204 Å². The number of hydrogen-bond acceptors (Lipinski definition) is 6. The van der Waals surface area contributed by atoms with Gasteiger partial charge in [0.1, 0.15) is 11.5 Å². The van der Waals surface area contributed by atoms with Crippen molar-refractivity contribution >= 4 is 39.3 Å². The summed E-state index contributed by atoms with van der Waals surface area (Å²) in [6.45, 7) is 5.78. The summed E-state index contributed by atoms with van der Waals surface area (Å²) in [6.07, 6.45) is 6.19. The molecular weight excluding hydrogens is 456 g/mol. The molecule has 0 saturated heterocycles. The van der Waals surface area contributed by atoms with Crippen molar-refractivity contribution in [1.82, 2.24) is 9.27 Å². The van der Waals surface area contributed by atoms with Crippen LogP contribution in [0.3, 0.4) is 0 Å². The van der Waals surface area contributed by atoms with Crippen molar-refractivity contribution < 1.29 is 14.3 Å². The van der Waals surface area contributed by atoms with Crippen molar-refractivity contribution in [3.8, 4) is 11.5 Å². The monoisotopic (exact) mass is 490 g/mol. The number of aromatic nitrogens is 1. The number of unbranched alkanes of at least 4 members (excludes halogenated alkanes) is 2. The van der Waals surface area contributed by atoms with Crippen LogP contribution < -0.4 is 20.3 Å². The van der Waals surface area contributed by atoms with Crippen LogP contribution in [0.25, 0.3) is 10.1 Å². The Morgan fingerprint density at radius 1 is 1.03 bits per heavy atom. The lowest BCUT2D eigenvalue weighted by molar-refractivity contribution is 0.0950. The number of carbonyl (C=O) groups excluding carboxylic acids is 1. The molecular formula is C25H34N2O4S2. The molecule has 0 fully saturated rings. The number of thioether (sulfide) groups is 1. The normalized spacial score (nSPS) is 10.5. The SMILES string of the molecule is CCCCNC(=O)c1ccc(OC)cc1SC.CCCCn1sc2cc(OC)ccc2c1=O. The van der Waals surface area contributed by atoms with Crippen LogP contribution in [0.4, 0.5) is 0 Å². The second kappa shape index (κ2) is 14.0. The number of nitrogens with zero attached hydrogens (tertiary/aromatic N) is 1. The maximum Gasteiger partial charge on any atom is 0.268 e. The molecule has 180 valence electrons.